The summed E-state index contributed by atoms with van der Waals surface area (Å²) in [6, 6.07) is 5.51. The zero-order chi connectivity index (χ0) is 21.4. The van der Waals surface area contributed by atoms with E-state index in [-0.39, 0.29) is 18.5 Å². The number of rotatable bonds is 5. The molecule has 0 spiro atoms. The molecule has 0 bridgehead atoms. The minimum atomic E-state index is -0.443. The van der Waals surface area contributed by atoms with Crippen LogP contribution in [0.2, 0.25) is 0 Å². The van der Waals surface area contributed by atoms with Crippen molar-refractivity contribution in [2.75, 3.05) is 12.5 Å². The number of aromatic nitrogens is 3. The van der Waals surface area contributed by atoms with Crippen LogP contribution in [0, 0.1) is 6.92 Å². The third kappa shape index (κ3) is 3.54. The molecule has 9 nitrogen and oxygen atoms in total. The Morgan fingerprint density at radius 2 is 1.97 bits per heavy atom. The fourth-order valence-corrected chi connectivity index (χ4v) is 4.20. The van der Waals surface area contributed by atoms with Gasteiger partial charge in [0.2, 0.25) is 12.7 Å². The zero-order valence-electron chi connectivity index (χ0n) is 16.7. The van der Waals surface area contributed by atoms with E-state index >= 15 is 0 Å². The van der Waals surface area contributed by atoms with Crippen LogP contribution in [-0.2, 0) is 25.4 Å². The van der Waals surface area contributed by atoms with Crippen LogP contribution in [0.5, 0.6) is 11.5 Å². The molecule has 156 valence electrons. The molecule has 1 amide bonds. The Labute approximate surface area is 175 Å². The molecule has 30 heavy (non-hydrogen) atoms. The van der Waals surface area contributed by atoms with Crippen molar-refractivity contribution < 1.29 is 14.3 Å². The van der Waals surface area contributed by atoms with Gasteiger partial charge in [-0.05, 0) is 30.2 Å². The maximum Gasteiger partial charge on any atom is 0.332 e. The molecule has 0 fully saturated rings. The third-order valence-corrected chi connectivity index (χ3v) is 6.09. The summed E-state index contributed by atoms with van der Waals surface area (Å²) >= 11 is 1.25. The molecule has 0 saturated carbocycles. The van der Waals surface area contributed by atoms with E-state index in [0.717, 1.165) is 15.7 Å². The number of hydrogen-bond donors (Lipinski definition) is 1. The maximum absolute atomic E-state index is 12.7. The fourth-order valence-electron chi connectivity index (χ4n) is 3.22. The first-order valence-electron chi connectivity index (χ1n) is 9.20. The number of fused-ring (bicyclic) bond motifs is 2. The summed E-state index contributed by atoms with van der Waals surface area (Å²) < 4.78 is 13.0. The van der Waals surface area contributed by atoms with E-state index in [4.69, 9.17) is 9.47 Å². The number of amides is 1. The predicted molar refractivity (Wildman–Crippen MR) is 112 cm³/mol. The molecular formula is C20H20N4O5S. The molecule has 3 heterocycles. The van der Waals surface area contributed by atoms with Crippen LogP contribution >= 0.6 is 11.8 Å². The lowest BCUT2D eigenvalue weighted by Crippen LogP contribution is -2.37. The molecule has 1 N–H and O–H groups in total. The molecule has 0 atom stereocenters. The highest BCUT2D eigenvalue weighted by Gasteiger charge is 2.17. The van der Waals surface area contributed by atoms with Crippen molar-refractivity contribution in [1.82, 2.24) is 19.4 Å². The SMILES string of the molecule is Cc1cnc2c(c1SCC(=O)NCc1ccc3c(c1)OCO3)c(=O)n(C)c(=O)n2C. The second kappa shape index (κ2) is 7.86. The Morgan fingerprint density at radius 1 is 1.20 bits per heavy atom. The van der Waals surface area contributed by atoms with E-state index in [1.165, 1.54) is 23.4 Å². The Kier molecular flexibility index (Phi) is 5.25. The molecule has 2 aromatic heterocycles. The van der Waals surface area contributed by atoms with Gasteiger partial charge in [-0.3, -0.25) is 18.7 Å². The van der Waals surface area contributed by atoms with Crippen molar-refractivity contribution in [2.45, 2.75) is 18.4 Å². The lowest BCUT2D eigenvalue weighted by atomic mass is 10.2. The van der Waals surface area contributed by atoms with Crippen molar-refractivity contribution >= 4 is 28.7 Å². The second-order valence-corrected chi connectivity index (χ2v) is 7.91. The van der Waals surface area contributed by atoms with Gasteiger partial charge in [0.25, 0.3) is 5.56 Å². The van der Waals surface area contributed by atoms with E-state index < -0.39 is 11.2 Å². The molecule has 3 aromatic rings. The average Bonchev–Trinajstić information content (AvgIpc) is 3.21. The third-order valence-electron chi connectivity index (χ3n) is 4.87. The highest BCUT2D eigenvalue weighted by atomic mass is 32.2. The Morgan fingerprint density at radius 3 is 2.77 bits per heavy atom. The van der Waals surface area contributed by atoms with Gasteiger partial charge in [0.15, 0.2) is 11.5 Å². The van der Waals surface area contributed by atoms with Crippen molar-refractivity contribution in [3.8, 4) is 11.5 Å². The van der Waals surface area contributed by atoms with Gasteiger partial charge in [-0.1, -0.05) is 6.07 Å². The van der Waals surface area contributed by atoms with Crippen LogP contribution in [0.25, 0.3) is 11.0 Å². The average molecular weight is 428 g/mol. The predicted octanol–water partition coefficient (Wildman–Crippen LogP) is 1.08. The summed E-state index contributed by atoms with van der Waals surface area (Å²) in [4.78, 5) is 42.1. The van der Waals surface area contributed by atoms with Gasteiger partial charge in [-0.15, -0.1) is 11.8 Å². The van der Waals surface area contributed by atoms with Gasteiger partial charge in [0, 0.05) is 31.7 Å². The van der Waals surface area contributed by atoms with Crippen LogP contribution in [0.1, 0.15) is 11.1 Å². The molecule has 1 aliphatic rings. The number of pyridine rings is 1. The van der Waals surface area contributed by atoms with Crippen molar-refractivity contribution in [3.63, 3.8) is 0 Å². The van der Waals surface area contributed by atoms with Crippen molar-refractivity contribution in [2.24, 2.45) is 14.1 Å². The van der Waals surface area contributed by atoms with Gasteiger partial charge in [0.1, 0.15) is 5.65 Å². The van der Waals surface area contributed by atoms with Crippen molar-refractivity contribution in [1.29, 1.82) is 0 Å². The van der Waals surface area contributed by atoms with Gasteiger partial charge in [-0.25, -0.2) is 9.78 Å². The fraction of sp³-hybridized carbons (Fsp3) is 0.300. The summed E-state index contributed by atoms with van der Waals surface area (Å²) in [5.41, 5.74) is 1.10. The van der Waals surface area contributed by atoms with Crippen LogP contribution in [0.4, 0.5) is 0 Å². The minimum Gasteiger partial charge on any atom is -0.454 e. The van der Waals surface area contributed by atoms with Crippen LogP contribution in [0.3, 0.4) is 0 Å². The van der Waals surface area contributed by atoms with Crippen LogP contribution < -0.4 is 26.0 Å². The maximum atomic E-state index is 12.7. The number of carbonyl (C=O) groups is 1. The number of benzene rings is 1. The molecule has 0 unspecified atom stereocenters. The normalized spacial score (nSPS) is 12.4. The number of nitrogens with zero attached hydrogens (tertiary/aromatic N) is 3. The Bertz CT molecular complexity index is 1280. The van der Waals surface area contributed by atoms with Gasteiger partial charge in [0.05, 0.1) is 11.1 Å². The summed E-state index contributed by atoms with van der Waals surface area (Å²) in [6.07, 6.45) is 1.61. The minimum absolute atomic E-state index is 0.122. The van der Waals surface area contributed by atoms with Gasteiger partial charge < -0.3 is 14.8 Å². The monoisotopic (exact) mass is 428 g/mol. The van der Waals surface area contributed by atoms with Gasteiger partial charge >= 0.3 is 5.69 Å². The lowest BCUT2D eigenvalue weighted by Gasteiger charge is -2.12. The van der Waals surface area contributed by atoms with E-state index in [9.17, 15) is 14.4 Å². The molecule has 1 aromatic carbocycles. The number of aryl methyl sites for hydroxylation is 2. The van der Waals surface area contributed by atoms with Crippen molar-refractivity contribution in [3.05, 3.63) is 56.4 Å². The summed E-state index contributed by atoms with van der Waals surface area (Å²) in [5.74, 6) is 1.30. The first-order chi connectivity index (χ1) is 14.4. The first-order valence-corrected chi connectivity index (χ1v) is 10.2. The second-order valence-electron chi connectivity index (χ2n) is 6.93. The van der Waals surface area contributed by atoms with E-state index in [0.29, 0.717) is 34.0 Å². The molecule has 1 aliphatic heterocycles. The van der Waals surface area contributed by atoms with E-state index in [1.807, 2.05) is 25.1 Å². The quantitative estimate of drug-likeness (QED) is 0.607. The number of thioether (sulfide) groups is 1. The summed E-state index contributed by atoms with van der Waals surface area (Å²) in [5, 5.41) is 3.20. The molecule has 0 aliphatic carbocycles. The van der Waals surface area contributed by atoms with Crippen LogP contribution in [0.15, 0.2) is 38.9 Å². The summed E-state index contributed by atoms with van der Waals surface area (Å²) in [6.45, 7) is 2.37. The topological polar surface area (TPSA) is 104 Å². The van der Waals surface area contributed by atoms with E-state index in [2.05, 4.69) is 10.3 Å². The highest BCUT2D eigenvalue weighted by molar-refractivity contribution is 8.00. The molecule has 4 rings (SSSR count). The molecule has 0 radical (unpaired) electrons. The van der Waals surface area contributed by atoms with Crippen LogP contribution in [-0.4, -0.2) is 32.6 Å². The first kappa shape index (κ1) is 20.0. The highest BCUT2D eigenvalue weighted by Crippen LogP contribution is 2.32. The smallest absolute Gasteiger partial charge is 0.332 e. The lowest BCUT2D eigenvalue weighted by molar-refractivity contribution is -0.118. The number of ether oxygens (including phenoxy) is 2. The Balaban J connectivity index is 1.51. The number of hydrogen-bond acceptors (Lipinski definition) is 7. The molecule has 10 heteroatoms. The standard InChI is InChI=1S/C20H20N4O5S/c1-11-7-22-18-16(19(26)24(3)20(27)23(18)2)17(11)30-9-15(25)21-8-12-4-5-13-14(6-12)29-10-28-13/h4-7H,8-10H2,1-3H3,(H,21,25). The summed E-state index contributed by atoms with van der Waals surface area (Å²) in [7, 11) is 3.00. The number of nitrogens with one attached hydrogen (secondary N) is 1. The Hall–Kier alpha value is -3.27. The largest absolute Gasteiger partial charge is 0.454 e. The molecule has 0 saturated heterocycles. The zero-order valence-corrected chi connectivity index (χ0v) is 17.5. The molecular weight excluding hydrogens is 408 g/mol. The van der Waals surface area contributed by atoms with Gasteiger partial charge in [-0.2, -0.15) is 0 Å². The van der Waals surface area contributed by atoms with E-state index in [1.54, 1.807) is 13.2 Å². The number of carbonyl (C=O) groups excluding carboxylic acids is 1.